The van der Waals surface area contributed by atoms with Crippen molar-refractivity contribution in [3.63, 3.8) is 0 Å². The number of aromatic nitrogens is 3. The minimum Gasteiger partial charge on any atom is -0.494 e. The van der Waals surface area contributed by atoms with Crippen molar-refractivity contribution in [2.45, 2.75) is 12.8 Å². The molecule has 0 amide bonds. The third-order valence-corrected chi connectivity index (χ3v) is 5.57. The Hall–Kier alpha value is -3.18. The van der Waals surface area contributed by atoms with Crippen molar-refractivity contribution >= 4 is 33.1 Å². The van der Waals surface area contributed by atoms with E-state index in [1.807, 2.05) is 24.4 Å². The van der Waals surface area contributed by atoms with Gasteiger partial charge in [-0.3, -0.25) is 9.97 Å². The van der Waals surface area contributed by atoms with Crippen LogP contribution < -0.4 is 0 Å². The molecule has 5 aromatic rings. The zero-order valence-electron chi connectivity index (χ0n) is 14.5. The standard InChI is InChI=1S/C22H17N3OS/c26-22-21-19(12-24-22)23-11-15(20(21)16-9-10-27-13-16)6-8-17-7-5-14-3-1-2-4-18(14)25-17/h1-5,7,9-13,24,26H,6,8H2. The number of thiophene rings is 1. The molecule has 4 heterocycles. The molecule has 0 radical (unpaired) electrons. The van der Waals surface area contributed by atoms with Crippen molar-refractivity contribution in [1.29, 1.82) is 0 Å². The number of nitrogens with zero attached hydrogens (tertiary/aromatic N) is 2. The molecule has 27 heavy (non-hydrogen) atoms. The minimum absolute atomic E-state index is 0.171. The van der Waals surface area contributed by atoms with E-state index in [4.69, 9.17) is 4.98 Å². The molecule has 0 aliphatic rings. The third kappa shape index (κ3) is 2.86. The number of hydrogen-bond donors (Lipinski definition) is 2. The summed E-state index contributed by atoms with van der Waals surface area (Å²) in [6, 6.07) is 14.5. The Balaban J connectivity index is 1.54. The van der Waals surface area contributed by atoms with Gasteiger partial charge < -0.3 is 10.1 Å². The zero-order chi connectivity index (χ0) is 18.2. The van der Waals surface area contributed by atoms with Crippen LogP contribution in [0.4, 0.5) is 0 Å². The molecular weight excluding hydrogens is 354 g/mol. The van der Waals surface area contributed by atoms with Crippen molar-refractivity contribution in [2.24, 2.45) is 0 Å². The number of aromatic hydroxyl groups is 1. The van der Waals surface area contributed by atoms with Crippen LogP contribution in [0.25, 0.3) is 32.9 Å². The molecule has 5 heteroatoms. The van der Waals surface area contributed by atoms with Gasteiger partial charge in [0.1, 0.15) is 0 Å². The lowest BCUT2D eigenvalue weighted by Crippen LogP contribution is -1.98. The average Bonchev–Trinajstić information content (AvgIpc) is 3.36. The molecule has 0 spiro atoms. The maximum atomic E-state index is 10.3. The van der Waals surface area contributed by atoms with Gasteiger partial charge in [0.05, 0.1) is 16.4 Å². The number of nitrogens with one attached hydrogen (secondary N) is 1. The number of rotatable bonds is 4. The normalized spacial score (nSPS) is 11.4. The molecule has 0 unspecified atom stereocenters. The molecule has 0 aliphatic carbocycles. The number of benzene rings is 1. The molecule has 0 saturated heterocycles. The van der Waals surface area contributed by atoms with Crippen molar-refractivity contribution in [3.8, 4) is 17.0 Å². The number of hydrogen-bond acceptors (Lipinski definition) is 4. The van der Waals surface area contributed by atoms with Crippen LogP contribution in [0.1, 0.15) is 11.3 Å². The van der Waals surface area contributed by atoms with Crippen LogP contribution in [-0.2, 0) is 12.8 Å². The summed E-state index contributed by atoms with van der Waals surface area (Å²) in [6.45, 7) is 0. The van der Waals surface area contributed by atoms with Gasteiger partial charge in [0.2, 0.25) is 0 Å². The maximum absolute atomic E-state index is 10.3. The highest BCUT2D eigenvalue weighted by Crippen LogP contribution is 2.37. The molecule has 4 nitrogen and oxygen atoms in total. The first-order valence-corrected chi connectivity index (χ1v) is 9.79. The second-order valence-corrected chi connectivity index (χ2v) is 7.34. The highest BCUT2D eigenvalue weighted by Gasteiger charge is 2.16. The van der Waals surface area contributed by atoms with Crippen LogP contribution in [0.15, 0.2) is 65.6 Å². The maximum Gasteiger partial charge on any atom is 0.198 e. The van der Waals surface area contributed by atoms with E-state index in [2.05, 4.69) is 45.0 Å². The smallest absolute Gasteiger partial charge is 0.198 e. The number of para-hydroxylation sites is 1. The lowest BCUT2D eigenvalue weighted by atomic mass is 9.96. The zero-order valence-corrected chi connectivity index (χ0v) is 15.3. The molecule has 0 aliphatic heterocycles. The van der Waals surface area contributed by atoms with E-state index < -0.39 is 0 Å². The van der Waals surface area contributed by atoms with Crippen LogP contribution in [0.3, 0.4) is 0 Å². The monoisotopic (exact) mass is 371 g/mol. The predicted octanol–water partition coefficient (Wildman–Crippen LogP) is 5.33. The fourth-order valence-electron chi connectivity index (χ4n) is 3.56. The quantitative estimate of drug-likeness (QED) is 0.449. The highest BCUT2D eigenvalue weighted by atomic mass is 32.1. The first kappa shape index (κ1) is 16.0. The van der Waals surface area contributed by atoms with Crippen LogP contribution in [-0.4, -0.2) is 20.1 Å². The number of aryl methyl sites for hydroxylation is 2. The van der Waals surface area contributed by atoms with E-state index >= 15 is 0 Å². The Bertz CT molecular complexity index is 1240. The van der Waals surface area contributed by atoms with Crippen molar-refractivity contribution < 1.29 is 5.11 Å². The van der Waals surface area contributed by atoms with E-state index in [-0.39, 0.29) is 5.88 Å². The molecule has 0 bridgehead atoms. The Labute approximate surface area is 160 Å². The van der Waals surface area contributed by atoms with E-state index in [1.54, 1.807) is 17.5 Å². The second-order valence-electron chi connectivity index (χ2n) is 6.56. The van der Waals surface area contributed by atoms with Crippen molar-refractivity contribution in [3.05, 3.63) is 76.9 Å². The lowest BCUT2D eigenvalue weighted by Gasteiger charge is -2.10. The summed E-state index contributed by atoms with van der Waals surface area (Å²) in [4.78, 5) is 12.2. The largest absolute Gasteiger partial charge is 0.494 e. The summed E-state index contributed by atoms with van der Waals surface area (Å²) in [5, 5.41) is 16.4. The first-order chi connectivity index (χ1) is 13.3. The number of fused-ring (bicyclic) bond motifs is 2. The Morgan fingerprint density at radius 2 is 1.93 bits per heavy atom. The lowest BCUT2D eigenvalue weighted by molar-refractivity contribution is 0.463. The van der Waals surface area contributed by atoms with Gasteiger partial charge in [0.15, 0.2) is 5.88 Å². The second kappa shape index (κ2) is 6.52. The Kier molecular flexibility index (Phi) is 3.87. The summed E-state index contributed by atoms with van der Waals surface area (Å²) in [6.07, 6.45) is 5.29. The highest BCUT2D eigenvalue weighted by molar-refractivity contribution is 7.08. The third-order valence-electron chi connectivity index (χ3n) is 4.89. The van der Waals surface area contributed by atoms with Gasteiger partial charge >= 0.3 is 0 Å². The molecule has 132 valence electrons. The SMILES string of the molecule is Oc1[nH]cc2ncc(CCc3ccc4ccccc4n3)c(-c3ccsc3)c12. The predicted molar refractivity (Wildman–Crippen MR) is 110 cm³/mol. The molecule has 0 saturated carbocycles. The fraction of sp³-hybridized carbons (Fsp3) is 0.0909. The molecule has 1 aromatic carbocycles. The molecule has 4 aromatic heterocycles. The van der Waals surface area contributed by atoms with Gasteiger partial charge in [0.25, 0.3) is 0 Å². The Morgan fingerprint density at radius 1 is 1.00 bits per heavy atom. The van der Waals surface area contributed by atoms with Gasteiger partial charge in [-0.2, -0.15) is 11.3 Å². The van der Waals surface area contributed by atoms with Crippen LogP contribution >= 0.6 is 11.3 Å². The molecular formula is C22H17N3OS. The van der Waals surface area contributed by atoms with Gasteiger partial charge in [-0.15, -0.1) is 0 Å². The minimum atomic E-state index is 0.171. The fourth-order valence-corrected chi connectivity index (χ4v) is 4.21. The molecule has 2 N–H and O–H groups in total. The summed E-state index contributed by atoms with van der Waals surface area (Å²) >= 11 is 1.65. The van der Waals surface area contributed by atoms with Gasteiger partial charge in [-0.1, -0.05) is 24.3 Å². The van der Waals surface area contributed by atoms with Crippen molar-refractivity contribution in [1.82, 2.24) is 15.0 Å². The van der Waals surface area contributed by atoms with E-state index in [0.717, 1.165) is 57.0 Å². The van der Waals surface area contributed by atoms with Gasteiger partial charge in [-0.25, -0.2) is 0 Å². The van der Waals surface area contributed by atoms with E-state index in [1.165, 1.54) is 0 Å². The van der Waals surface area contributed by atoms with Crippen LogP contribution in [0, 0.1) is 0 Å². The van der Waals surface area contributed by atoms with Crippen LogP contribution in [0.5, 0.6) is 5.88 Å². The molecule has 0 atom stereocenters. The van der Waals surface area contributed by atoms with E-state index in [0.29, 0.717) is 0 Å². The number of aromatic amines is 1. The summed E-state index contributed by atoms with van der Waals surface area (Å²) < 4.78 is 0. The van der Waals surface area contributed by atoms with Gasteiger partial charge in [0, 0.05) is 29.0 Å². The molecule has 5 rings (SSSR count). The molecule has 0 fully saturated rings. The van der Waals surface area contributed by atoms with Gasteiger partial charge in [-0.05, 0) is 52.9 Å². The average molecular weight is 371 g/mol. The summed E-state index contributed by atoms with van der Waals surface area (Å²) in [7, 11) is 0. The number of pyridine rings is 2. The topological polar surface area (TPSA) is 61.8 Å². The van der Waals surface area contributed by atoms with E-state index in [9.17, 15) is 5.11 Å². The van der Waals surface area contributed by atoms with Crippen LogP contribution in [0.2, 0.25) is 0 Å². The van der Waals surface area contributed by atoms with Crippen molar-refractivity contribution in [2.75, 3.05) is 0 Å². The number of H-pyrrole nitrogens is 1. The summed E-state index contributed by atoms with van der Waals surface area (Å²) in [5.74, 6) is 0.171. The Morgan fingerprint density at radius 3 is 2.81 bits per heavy atom. The summed E-state index contributed by atoms with van der Waals surface area (Å²) in [5.41, 5.74) is 6.14. The first-order valence-electron chi connectivity index (χ1n) is 8.85.